The molecule has 1 aromatic heterocycles. The molecule has 0 atom stereocenters. The van der Waals surface area contributed by atoms with Crippen LogP contribution >= 0.6 is 11.6 Å². The highest BCUT2D eigenvalue weighted by molar-refractivity contribution is 6.31. The van der Waals surface area contributed by atoms with Gasteiger partial charge < -0.3 is 10.5 Å². The first-order valence-corrected chi connectivity index (χ1v) is 7.00. The molecule has 1 fully saturated rings. The van der Waals surface area contributed by atoms with Crippen molar-refractivity contribution < 1.29 is 4.74 Å². The van der Waals surface area contributed by atoms with Crippen LogP contribution in [-0.2, 0) is 0 Å². The van der Waals surface area contributed by atoms with Crippen LogP contribution in [0.3, 0.4) is 0 Å². The Morgan fingerprint density at radius 2 is 2.05 bits per heavy atom. The summed E-state index contributed by atoms with van der Waals surface area (Å²) in [6.07, 6.45) is 6.23. The van der Waals surface area contributed by atoms with Crippen molar-refractivity contribution in [2.24, 2.45) is 5.73 Å². The summed E-state index contributed by atoms with van der Waals surface area (Å²) < 4.78 is 5.94. The van der Waals surface area contributed by atoms with Gasteiger partial charge in [-0.3, -0.25) is 4.98 Å². The fraction of sp³-hybridized carbons (Fsp3) is 0.400. The number of rotatable bonds is 3. The van der Waals surface area contributed by atoms with E-state index in [2.05, 4.69) is 4.98 Å². The van der Waals surface area contributed by atoms with Gasteiger partial charge in [0.15, 0.2) is 0 Å². The Morgan fingerprint density at radius 1 is 1.26 bits per heavy atom. The van der Waals surface area contributed by atoms with Crippen LogP contribution in [0.1, 0.15) is 25.7 Å². The second-order valence-corrected chi connectivity index (χ2v) is 5.77. The quantitative estimate of drug-likeness (QED) is 0.933. The smallest absolute Gasteiger partial charge is 0.130 e. The minimum atomic E-state index is -0.165. The van der Waals surface area contributed by atoms with E-state index < -0.39 is 0 Å². The maximum atomic E-state index is 6.31. The lowest BCUT2D eigenvalue weighted by Gasteiger charge is -2.23. The number of fused-ring (bicyclic) bond motifs is 1. The molecular weight excluding hydrogens is 260 g/mol. The van der Waals surface area contributed by atoms with Crippen molar-refractivity contribution in [3.05, 3.63) is 35.5 Å². The van der Waals surface area contributed by atoms with Gasteiger partial charge in [0, 0.05) is 16.6 Å². The molecule has 4 heteroatoms. The molecule has 0 unspecified atom stereocenters. The molecule has 19 heavy (non-hydrogen) atoms. The molecule has 0 saturated heterocycles. The maximum Gasteiger partial charge on any atom is 0.130 e. The van der Waals surface area contributed by atoms with E-state index in [0.717, 1.165) is 29.5 Å². The Bertz CT molecular complexity index is 594. The number of benzene rings is 1. The highest BCUT2D eigenvalue weighted by Gasteiger charge is 2.30. The van der Waals surface area contributed by atoms with Crippen LogP contribution in [0.5, 0.6) is 5.75 Å². The van der Waals surface area contributed by atoms with E-state index in [0.29, 0.717) is 11.6 Å². The van der Waals surface area contributed by atoms with Crippen molar-refractivity contribution in [2.75, 3.05) is 6.61 Å². The summed E-state index contributed by atoms with van der Waals surface area (Å²) >= 11 is 5.97. The van der Waals surface area contributed by atoms with Gasteiger partial charge in [-0.15, -0.1) is 0 Å². The van der Waals surface area contributed by atoms with Crippen LogP contribution in [0.15, 0.2) is 30.5 Å². The number of pyridine rings is 1. The predicted octanol–water partition coefficient (Wildman–Crippen LogP) is 3.54. The Kier molecular flexibility index (Phi) is 3.33. The van der Waals surface area contributed by atoms with Gasteiger partial charge in [-0.2, -0.15) is 0 Å². The normalized spacial score (nSPS) is 17.8. The van der Waals surface area contributed by atoms with Crippen LogP contribution in [0.2, 0.25) is 5.02 Å². The van der Waals surface area contributed by atoms with E-state index in [1.54, 1.807) is 6.20 Å². The van der Waals surface area contributed by atoms with Gasteiger partial charge >= 0.3 is 0 Å². The molecule has 3 rings (SSSR count). The monoisotopic (exact) mass is 276 g/mol. The van der Waals surface area contributed by atoms with Crippen LogP contribution in [-0.4, -0.2) is 17.1 Å². The molecule has 2 N–H and O–H groups in total. The average Bonchev–Trinajstić information content (AvgIpc) is 2.83. The van der Waals surface area contributed by atoms with Gasteiger partial charge in [-0.25, -0.2) is 0 Å². The van der Waals surface area contributed by atoms with Gasteiger partial charge in [-0.1, -0.05) is 24.4 Å². The van der Waals surface area contributed by atoms with Gasteiger partial charge in [0.1, 0.15) is 12.4 Å². The fourth-order valence-corrected chi connectivity index (χ4v) is 2.83. The lowest BCUT2D eigenvalue weighted by Crippen LogP contribution is -2.42. The minimum Gasteiger partial charge on any atom is -0.491 e. The molecular formula is C15H17ClN2O. The summed E-state index contributed by atoms with van der Waals surface area (Å²) in [4.78, 5) is 4.30. The van der Waals surface area contributed by atoms with Gasteiger partial charge in [0.05, 0.1) is 11.1 Å². The lowest BCUT2D eigenvalue weighted by molar-refractivity contribution is 0.222. The van der Waals surface area contributed by atoms with E-state index in [1.165, 1.54) is 12.8 Å². The minimum absolute atomic E-state index is 0.165. The average molecular weight is 277 g/mol. The van der Waals surface area contributed by atoms with Crippen molar-refractivity contribution in [1.29, 1.82) is 0 Å². The zero-order chi connectivity index (χ0) is 13.3. The molecule has 0 aliphatic heterocycles. The van der Waals surface area contributed by atoms with Crippen LogP contribution in [0.4, 0.5) is 0 Å². The van der Waals surface area contributed by atoms with Crippen molar-refractivity contribution >= 4 is 22.5 Å². The number of hydrogen-bond donors (Lipinski definition) is 1. The molecule has 1 heterocycles. The van der Waals surface area contributed by atoms with Gasteiger partial charge in [0.25, 0.3) is 0 Å². The molecule has 1 saturated carbocycles. The summed E-state index contributed by atoms with van der Waals surface area (Å²) in [6.45, 7) is 0.564. The van der Waals surface area contributed by atoms with E-state index in [1.807, 2.05) is 24.3 Å². The Balaban J connectivity index is 1.84. The third-order valence-corrected chi connectivity index (χ3v) is 4.01. The highest BCUT2D eigenvalue weighted by atomic mass is 35.5. The molecule has 0 radical (unpaired) electrons. The second-order valence-electron chi connectivity index (χ2n) is 5.33. The van der Waals surface area contributed by atoms with Crippen LogP contribution < -0.4 is 10.5 Å². The molecule has 1 aliphatic carbocycles. The first-order valence-electron chi connectivity index (χ1n) is 6.62. The lowest BCUT2D eigenvalue weighted by atomic mass is 10.0. The number of nitrogens with two attached hydrogens (primary N) is 1. The number of nitrogens with zero attached hydrogens (tertiary/aromatic N) is 1. The molecule has 100 valence electrons. The third kappa shape index (κ3) is 2.67. The molecule has 2 aromatic rings. The molecule has 0 spiro atoms. The van der Waals surface area contributed by atoms with E-state index in [9.17, 15) is 0 Å². The SMILES string of the molecule is NC1(COc2ccnc3cc(Cl)ccc23)CCCC1. The zero-order valence-electron chi connectivity index (χ0n) is 10.7. The number of ether oxygens (including phenoxy) is 1. The van der Waals surface area contributed by atoms with Crippen LogP contribution in [0.25, 0.3) is 10.9 Å². The highest BCUT2D eigenvalue weighted by Crippen LogP contribution is 2.30. The standard InChI is InChI=1S/C15H17ClN2O/c16-11-3-4-12-13(9-11)18-8-5-14(12)19-10-15(17)6-1-2-7-15/h3-5,8-9H,1-2,6-7,10,17H2. The summed E-state index contributed by atoms with van der Waals surface area (Å²) in [6, 6.07) is 7.52. The Morgan fingerprint density at radius 3 is 2.84 bits per heavy atom. The van der Waals surface area contributed by atoms with Gasteiger partial charge in [0.2, 0.25) is 0 Å². The molecule has 1 aliphatic rings. The molecule has 0 bridgehead atoms. The Labute approximate surface area is 117 Å². The summed E-state index contributed by atoms with van der Waals surface area (Å²) in [7, 11) is 0. The van der Waals surface area contributed by atoms with E-state index >= 15 is 0 Å². The maximum absolute atomic E-state index is 6.31. The van der Waals surface area contributed by atoms with E-state index in [-0.39, 0.29) is 5.54 Å². The Hall–Kier alpha value is -1.32. The van der Waals surface area contributed by atoms with Gasteiger partial charge in [-0.05, 0) is 37.1 Å². The predicted molar refractivity (Wildman–Crippen MR) is 77.6 cm³/mol. The van der Waals surface area contributed by atoms with Crippen molar-refractivity contribution in [2.45, 2.75) is 31.2 Å². The number of hydrogen-bond acceptors (Lipinski definition) is 3. The summed E-state index contributed by atoms with van der Waals surface area (Å²) in [5.74, 6) is 0.832. The third-order valence-electron chi connectivity index (χ3n) is 3.78. The van der Waals surface area contributed by atoms with E-state index in [4.69, 9.17) is 22.1 Å². The zero-order valence-corrected chi connectivity index (χ0v) is 11.5. The van der Waals surface area contributed by atoms with Crippen molar-refractivity contribution in [3.63, 3.8) is 0 Å². The first-order chi connectivity index (χ1) is 9.16. The summed E-state index contributed by atoms with van der Waals surface area (Å²) in [5.41, 5.74) is 7.00. The number of aromatic nitrogens is 1. The topological polar surface area (TPSA) is 48.1 Å². The number of halogens is 1. The van der Waals surface area contributed by atoms with Crippen molar-refractivity contribution in [1.82, 2.24) is 4.98 Å². The summed E-state index contributed by atoms with van der Waals surface area (Å²) in [5, 5.41) is 1.66. The fourth-order valence-electron chi connectivity index (χ4n) is 2.67. The molecule has 3 nitrogen and oxygen atoms in total. The molecule has 0 amide bonds. The second kappa shape index (κ2) is 4.99. The first kappa shape index (κ1) is 12.7. The van der Waals surface area contributed by atoms with Crippen LogP contribution in [0, 0.1) is 0 Å². The van der Waals surface area contributed by atoms with Crippen molar-refractivity contribution in [3.8, 4) is 5.75 Å². The molecule has 1 aromatic carbocycles. The largest absolute Gasteiger partial charge is 0.491 e.